The average Bonchev–Trinajstić information content (AvgIpc) is 3.51. The second kappa shape index (κ2) is 4.89. The molecule has 3 aliphatic carbocycles. The molecule has 4 nitrogen and oxygen atoms in total. The molecule has 0 bridgehead atoms. The van der Waals surface area contributed by atoms with Crippen molar-refractivity contribution in [3.05, 3.63) is 23.8 Å². The molecule has 0 unspecified atom stereocenters. The van der Waals surface area contributed by atoms with Crippen molar-refractivity contribution in [3.63, 3.8) is 0 Å². The lowest BCUT2D eigenvalue weighted by Gasteiger charge is -2.37. The van der Waals surface area contributed by atoms with Gasteiger partial charge in [0.2, 0.25) is 0 Å². The maximum atomic E-state index is 9.95. The Bertz CT molecular complexity index is 700. The van der Waals surface area contributed by atoms with Crippen LogP contribution in [0.4, 0.5) is 0 Å². The second-order valence-corrected chi connectivity index (χ2v) is 8.02. The van der Waals surface area contributed by atoms with Crippen molar-refractivity contribution in [2.24, 2.45) is 11.3 Å². The van der Waals surface area contributed by atoms with Gasteiger partial charge in [0.05, 0.1) is 37.4 Å². The molecule has 0 N–H and O–H groups in total. The van der Waals surface area contributed by atoms with Crippen molar-refractivity contribution in [2.75, 3.05) is 13.7 Å². The van der Waals surface area contributed by atoms with Gasteiger partial charge in [0.25, 0.3) is 0 Å². The quantitative estimate of drug-likeness (QED) is 0.776. The molecule has 1 aromatic rings. The van der Waals surface area contributed by atoms with Crippen molar-refractivity contribution in [2.45, 2.75) is 56.1 Å². The first-order valence-corrected chi connectivity index (χ1v) is 9.09. The Morgan fingerprint density at radius 3 is 2.46 bits per heavy atom. The molecule has 0 amide bonds. The minimum Gasteiger partial charge on any atom is -0.493 e. The molecule has 4 heteroatoms. The van der Waals surface area contributed by atoms with Gasteiger partial charge in [0.1, 0.15) is 0 Å². The lowest BCUT2D eigenvalue weighted by atomic mass is 9.65. The highest BCUT2D eigenvalue weighted by molar-refractivity contribution is 5.48. The topological polar surface area (TPSA) is 54.8 Å². The average molecular weight is 325 g/mol. The summed E-state index contributed by atoms with van der Waals surface area (Å²) in [6, 6.07) is 8.69. The summed E-state index contributed by atoms with van der Waals surface area (Å²) >= 11 is 0. The summed E-state index contributed by atoms with van der Waals surface area (Å²) in [5.74, 6) is 2.24. The molecule has 1 aliphatic heterocycles. The standard InChI is InChI=1S/C20H23NO3/c1-22-15-5-4-14(10-16(15)23-11-13-2-3-13)19(12-21)6-8-20(9-7-19)17-18(20)24-17/h4-5,10,13,17-18H,2-3,6-9,11H2,1H3/t17-,18-/m0/s1. The highest BCUT2D eigenvalue weighted by atomic mass is 16.6. The number of hydrogen-bond donors (Lipinski definition) is 0. The molecule has 4 fully saturated rings. The van der Waals surface area contributed by atoms with Crippen LogP contribution in [0.3, 0.4) is 0 Å². The molecule has 5 rings (SSSR count). The summed E-state index contributed by atoms with van der Waals surface area (Å²) in [5, 5.41) is 9.95. The van der Waals surface area contributed by atoms with E-state index in [1.807, 2.05) is 18.2 Å². The molecule has 1 spiro atoms. The van der Waals surface area contributed by atoms with Gasteiger partial charge in [-0.15, -0.1) is 0 Å². The minimum atomic E-state index is -0.385. The fourth-order valence-corrected chi connectivity index (χ4v) is 4.48. The van der Waals surface area contributed by atoms with Gasteiger partial charge in [-0.2, -0.15) is 5.26 Å². The maximum Gasteiger partial charge on any atom is 0.161 e. The van der Waals surface area contributed by atoms with Gasteiger partial charge >= 0.3 is 0 Å². The number of nitrogens with zero attached hydrogens (tertiary/aromatic N) is 1. The molecule has 0 aromatic heterocycles. The van der Waals surface area contributed by atoms with Gasteiger partial charge in [-0.1, -0.05) is 6.07 Å². The van der Waals surface area contributed by atoms with E-state index < -0.39 is 0 Å². The van der Waals surface area contributed by atoms with E-state index in [4.69, 9.17) is 14.2 Å². The Morgan fingerprint density at radius 2 is 1.92 bits per heavy atom. The van der Waals surface area contributed by atoms with Crippen LogP contribution in [0.5, 0.6) is 11.5 Å². The normalized spacial score (nSPS) is 39.0. The van der Waals surface area contributed by atoms with Gasteiger partial charge in [-0.3, -0.25) is 0 Å². The first-order chi connectivity index (χ1) is 11.7. The van der Waals surface area contributed by atoms with E-state index in [1.165, 1.54) is 12.8 Å². The smallest absolute Gasteiger partial charge is 0.161 e. The Labute approximate surface area is 142 Å². The Morgan fingerprint density at radius 1 is 1.17 bits per heavy atom. The van der Waals surface area contributed by atoms with Crippen molar-refractivity contribution in [1.29, 1.82) is 5.26 Å². The van der Waals surface area contributed by atoms with E-state index in [0.29, 0.717) is 23.5 Å². The molecular weight excluding hydrogens is 302 g/mol. The van der Waals surface area contributed by atoms with Crippen molar-refractivity contribution in [3.8, 4) is 17.6 Å². The second-order valence-electron chi connectivity index (χ2n) is 8.02. The Hall–Kier alpha value is -1.73. The summed E-state index contributed by atoms with van der Waals surface area (Å²) < 4.78 is 16.9. The molecular formula is C20H23NO3. The first kappa shape index (κ1) is 14.6. The van der Waals surface area contributed by atoms with Crippen LogP contribution in [0.2, 0.25) is 0 Å². The largest absolute Gasteiger partial charge is 0.493 e. The zero-order chi connectivity index (χ0) is 16.4. The van der Waals surface area contributed by atoms with Crippen LogP contribution in [0, 0.1) is 22.7 Å². The maximum absolute atomic E-state index is 9.95. The van der Waals surface area contributed by atoms with E-state index >= 15 is 0 Å². The SMILES string of the molecule is COc1ccc(C2(C#N)CCC3(CC2)[C@H]2O[C@@H]23)cc1OCC1CC1. The summed E-state index contributed by atoms with van der Waals surface area (Å²) in [7, 11) is 1.67. The summed E-state index contributed by atoms with van der Waals surface area (Å²) in [6.07, 6.45) is 7.63. The van der Waals surface area contributed by atoms with E-state index in [-0.39, 0.29) is 5.41 Å². The number of benzene rings is 1. The highest BCUT2D eigenvalue weighted by Crippen LogP contribution is 2.72. The summed E-state index contributed by atoms with van der Waals surface area (Å²) in [4.78, 5) is 0. The molecule has 4 aliphatic rings. The third kappa shape index (κ3) is 2.07. The van der Waals surface area contributed by atoms with Gasteiger partial charge in [0, 0.05) is 5.41 Å². The van der Waals surface area contributed by atoms with E-state index in [0.717, 1.165) is 49.4 Å². The van der Waals surface area contributed by atoms with Crippen molar-refractivity contribution < 1.29 is 14.2 Å². The summed E-state index contributed by atoms with van der Waals surface area (Å²) in [5.41, 5.74) is 1.13. The van der Waals surface area contributed by atoms with Crippen LogP contribution in [-0.4, -0.2) is 25.9 Å². The number of hydrogen-bond acceptors (Lipinski definition) is 4. The third-order valence-electron chi connectivity index (χ3n) is 6.65. The predicted molar refractivity (Wildman–Crippen MR) is 88.1 cm³/mol. The van der Waals surface area contributed by atoms with E-state index in [2.05, 4.69) is 6.07 Å². The number of methoxy groups -OCH3 is 1. The van der Waals surface area contributed by atoms with E-state index in [9.17, 15) is 5.26 Å². The van der Waals surface area contributed by atoms with Crippen molar-refractivity contribution >= 4 is 0 Å². The molecule has 1 heterocycles. The predicted octanol–water partition coefficient (Wildman–Crippen LogP) is 3.59. The van der Waals surface area contributed by atoms with Gasteiger partial charge in [-0.25, -0.2) is 0 Å². The van der Waals surface area contributed by atoms with Crippen LogP contribution in [0.15, 0.2) is 18.2 Å². The van der Waals surface area contributed by atoms with Gasteiger partial charge < -0.3 is 14.2 Å². The number of fused-ring (bicyclic) bond motifs is 3. The number of rotatable bonds is 5. The van der Waals surface area contributed by atoms with E-state index in [1.54, 1.807) is 7.11 Å². The Kier molecular flexibility index (Phi) is 2.98. The highest BCUT2D eigenvalue weighted by Gasteiger charge is 2.80. The fourth-order valence-electron chi connectivity index (χ4n) is 4.48. The lowest BCUT2D eigenvalue weighted by Crippen LogP contribution is -2.34. The third-order valence-corrected chi connectivity index (χ3v) is 6.65. The number of ether oxygens (including phenoxy) is 3. The van der Waals surface area contributed by atoms with Crippen LogP contribution >= 0.6 is 0 Å². The summed E-state index contributed by atoms with van der Waals surface area (Å²) in [6.45, 7) is 0.753. The molecule has 2 atom stereocenters. The molecule has 126 valence electrons. The Balaban J connectivity index is 1.39. The van der Waals surface area contributed by atoms with Crippen LogP contribution in [-0.2, 0) is 10.2 Å². The van der Waals surface area contributed by atoms with Crippen LogP contribution < -0.4 is 9.47 Å². The molecule has 0 radical (unpaired) electrons. The molecule has 3 saturated carbocycles. The monoisotopic (exact) mass is 325 g/mol. The number of nitriles is 1. The van der Waals surface area contributed by atoms with Gasteiger partial charge in [0.15, 0.2) is 11.5 Å². The number of epoxide rings is 1. The zero-order valence-corrected chi connectivity index (χ0v) is 14.1. The van der Waals surface area contributed by atoms with Crippen molar-refractivity contribution in [1.82, 2.24) is 0 Å². The molecule has 1 saturated heterocycles. The van der Waals surface area contributed by atoms with Crippen LogP contribution in [0.25, 0.3) is 0 Å². The van der Waals surface area contributed by atoms with Gasteiger partial charge in [-0.05, 0) is 62.1 Å². The molecule has 1 aromatic carbocycles. The minimum absolute atomic E-state index is 0.385. The lowest BCUT2D eigenvalue weighted by molar-refractivity contribution is 0.0730. The zero-order valence-electron chi connectivity index (χ0n) is 14.1. The van der Waals surface area contributed by atoms with Crippen LogP contribution in [0.1, 0.15) is 44.1 Å². The molecule has 24 heavy (non-hydrogen) atoms. The fraction of sp³-hybridized carbons (Fsp3) is 0.650. The first-order valence-electron chi connectivity index (χ1n) is 9.09.